The summed E-state index contributed by atoms with van der Waals surface area (Å²) >= 11 is 0. The fourth-order valence-electron chi connectivity index (χ4n) is 0. The molecule has 0 heterocycles. The molecule has 7 heavy (non-hydrogen) atoms. The van der Waals surface area contributed by atoms with Crippen molar-refractivity contribution in [3.05, 3.63) is 0 Å². The standard InChI is InChI=1S/CH4N2O.3FH/c2-1(3)4;;;/h(H4,2,3,4);3*1H. The number of rotatable bonds is 0. The van der Waals surface area contributed by atoms with Gasteiger partial charge in [-0.3, -0.25) is 14.1 Å². The van der Waals surface area contributed by atoms with Crippen LogP contribution in [0.15, 0.2) is 0 Å². The lowest BCUT2D eigenvalue weighted by molar-refractivity contribution is 0.256. The number of carbonyl (C=O) groups excluding carboxylic acids is 1. The smallest absolute Gasteiger partial charge is 0.309 e. The Labute approximate surface area is 37.8 Å². The van der Waals surface area contributed by atoms with Crippen LogP contribution in [-0.2, 0) is 0 Å². The summed E-state index contributed by atoms with van der Waals surface area (Å²) in [6, 6.07) is -0.833. The molecule has 4 N–H and O–H groups in total. The summed E-state index contributed by atoms with van der Waals surface area (Å²) in [6.45, 7) is 0. The Hall–Kier alpha value is -0.940. The van der Waals surface area contributed by atoms with E-state index >= 15 is 0 Å². The second-order valence-electron chi connectivity index (χ2n) is 0.402. The van der Waals surface area contributed by atoms with E-state index in [9.17, 15) is 0 Å². The molecule has 0 fully saturated rings. The van der Waals surface area contributed by atoms with Gasteiger partial charge in [0.05, 0.1) is 0 Å². The molecule has 0 aromatic heterocycles. The highest BCUT2D eigenvalue weighted by Crippen LogP contribution is 1.25. The summed E-state index contributed by atoms with van der Waals surface area (Å²) in [7, 11) is 0. The Morgan fingerprint density at radius 3 is 1.00 bits per heavy atom. The van der Waals surface area contributed by atoms with E-state index in [1.165, 1.54) is 0 Å². The number of urea groups is 1. The molecule has 0 saturated heterocycles. The van der Waals surface area contributed by atoms with Crippen molar-refractivity contribution in [2.75, 3.05) is 0 Å². The van der Waals surface area contributed by atoms with Gasteiger partial charge in [-0.15, -0.1) is 0 Å². The van der Waals surface area contributed by atoms with Crippen LogP contribution in [0.3, 0.4) is 0 Å². The molecule has 0 aromatic rings. The average molecular weight is 120 g/mol. The minimum atomic E-state index is -0.833. The van der Waals surface area contributed by atoms with E-state index in [4.69, 9.17) is 4.79 Å². The molecule has 3 nitrogen and oxygen atoms in total. The number of carbonyl (C=O) groups is 1. The molecule has 0 spiro atoms. The third kappa shape index (κ3) is 53.6. The topological polar surface area (TPSA) is 69.1 Å². The van der Waals surface area contributed by atoms with Crippen LogP contribution in [0, 0.1) is 0 Å². The first-order chi connectivity index (χ1) is 1.73. The van der Waals surface area contributed by atoms with E-state index in [0.29, 0.717) is 0 Å². The molecular weight excluding hydrogens is 113 g/mol. The molecule has 0 aromatic carbocycles. The minimum Gasteiger partial charge on any atom is -0.352 e. The number of halogens is 3. The van der Waals surface area contributed by atoms with Crippen molar-refractivity contribution in [1.29, 1.82) is 0 Å². The third-order valence-corrected chi connectivity index (χ3v) is 0. The highest BCUT2D eigenvalue weighted by atomic mass is 19.0. The van der Waals surface area contributed by atoms with Crippen molar-refractivity contribution < 1.29 is 18.9 Å². The summed E-state index contributed by atoms with van der Waals surface area (Å²) in [6.07, 6.45) is 0. The van der Waals surface area contributed by atoms with E-state index < -0.39 is 6.03 Å². The summed E-state index contributed by atoms with van der Waals surface area (Å²) in [5, 5.41) is 0. The average Bonchev–Trinajstić information content (AvgIpc) is 0.811. The maximum absolute atomic E-state index is 9.00. The Kier molecular flexibility index (Phi) is 103. The Bertz CT molecular complexity index is 35.9. The van der Waals surface area contributed by atoms with Gasteiger partial charge in [0.15, 0.2) is 0 Å². The first-order valence-corrected chi connectivity index (χ1v) is 0.781. The minimum absolute atomic E-state index is 0. The SMILES string of the molecule is F.F.F.NC(N)=O. The number of amides is 2. The monoisotopic (exact) mass is 120 g/mol. The highest BCUT2D eigenvalue weighted by Gasteiger charge is 1.60. The van der Waals surface area contributed by atoms with Crippen LogP contribution in [0.2, 0.25) is 0 Å². The predicted octanol–water partition coefficient (Wildman–Crippen LogP) is -0.519. The van der Waals surface area contributed by atoms with Crippen LogP contribution in [0.4, 0.5) is 18.9 Å². The van der Waals surface area contributed by atoms with Crippen LogP contribution in [0.25, 0.3) is 0 Å². The molecule has 0 unspecified atom stereocenters. The molecule has 0 rings (SSSR count). The predicted molar refractivity (Wildman–Crippen MR) is 21.3 cm³/mol. The van der Waals surface area contributed by atoms with Gasteiger partial charge in [0.2, 0.25) is 0 Å². The van der Waals surface area contributed by atoms with E-state index in [1.54, 1.807) is 0 Å². The highest BCUT2D eigenvalue weighted by molar-refractivity contribution is 5.69. The normalized spacial score (nSPS) is 3.43. The molecular formula is CH7F3N2O. The molecule has 0 aliphatic heterocycles. The maximum Gasteiger partial charge on any atom is 0.309 e. The van der Waals surface area contributed by atoms with Gasteiger partial charge in [-0.1, -0.05) is 0 Å². The van der Waals surface area contributed by atoms with Crippen molar-refractivity contribution in [2.45, 2.75) is 0 Å². The van der Waals surface area contributed by atoms with Crippen molar-refractivity contribution in [3.8, 4) is 0 Å². The fraction of sp³-hybridized carbons (Fsp3) is 0. The van der Waals surface area contributed by atoms with Crippen LogP contribution >= 0.6 is 0 Å². The van der Waals surface area contributed by atoms with E-state index in [2.05, 4.69) is 11.5 Å². The molecule has 0 aliphatic rings. The molecule has 0 bridgehead atoms. The molecule has 0 aliphatic carbocycles. The van der Waals surface area contributed by atoms with Gasteiger partial charge in [-0.2, -0.15) is 0 Å². The summed E-state index contributed by atoms with van der Waals surface area (Å²) in [5.41, 5.74) is 8.50. The van der Waals surface area contributed by atoms with Gasteiger partial charge in [0.1, 0.15) is 0 Å². The van der Waals surface area contributed by atoms with Crippen molar-refractivity contribution >= 4 is 6.03 Å². The Morgan fingerprint density at radius 2 is 1.00 bits per heavy atom. The van der Waals surface area contributed by atoms with Crippen molar-refractivity contribution in [3.63, 3.8) is 0 Å². The zero-order chi connectivity index (χ0) is 3.58. The van der Waals surface area contributed by atoms with Gasteiger partial charge < -0.3 is 11.5 Å². The molecule has 6 heteroatoms. The van der Waals surface area contributed by atoms with E-state index in [0.717, 1.165) is 0 Å². The number of hydrogen-bond acceptors (Lipinski definition) is 1. The van der Waals surface area contributed by atoms with Crippen molar-refractivity contribution in [2.24, 2.45) is 11.5 Å². The summed E-state index contributed by atoms with van der Waals surface area (Å²) < 4.78 is 0. The number of primary amides is 2. The Balaban J connectivity index is -0.0000000150. The molecule has 0 saturated carbocycles. The van der Waals surface area contributed by atoms with Crippen LogP contribution in [-0.4, -0.2) is 6.03 Å². The van der Waals surface area contributed by atoms with Gasteiger partial charge in [0.25, 0.3) is 0 Å². The summed E-state index contributed by atoms with van der Waals surface area (Å²) in [5.74, 6) is 0. The number of nitrogens with two attached hydrogens (primary N) is 2. The molecule has 2 amide bonds. The quantitative estimate of drug-likeness (QED) is 0.443. The largest absolute Gasteiger partial charge is 0.352 e. The van der Waals surface area contributed by atoms with Gasteiger partial charge in [-0.25, -0.2) is 4.79 Å². The van der Waals surface area contributed by atoms with Crippen LogP contribution in [0.1, 0.15) is 0 Å². The lowest BCUT2D eigenvalue weighted by atomic mass is 11.2. The maximum atomic E-state index is 9.00. The molecule has 48 valence electrons. The zero-order valence-electron chi connectivity index (χ0n) is 3.29. The first-order valence-electron chi connectivity index (χ1n) is 0.781. The lowest BCUT2D eigenvalue weighted by Crippen LogP contribution is -2.18. The number of hydrogen-bond donors (Lipinski definition) is 2. The van der Waals surface area contributed by atoms with Gasteiger partial charge >= 0.3 is 6.03 Å². The van der Waals surface area contributed by atoms with Crippen molar-refractivity contribution in [1.82, 2.24) is 0 Å². The Morgan fingerprint density at radius 1 is 1.00 bits per heavy atom. The zero-order valence-corrected chi connectivity index (χ0v) is 3.29. The van der Waals surface area contributed by atoms with E-state index in [-0.39, 0.29) is 14.1 Å². The van der Waals surface area contributed by atoms with E-state index in [1.807, 2.05) is 0 Å². The lowest BCUT2D eigenvalue weighted by Gasteiger charge is -1.62. The van der Waals surface area contributed by atoms with Crippen LogP contribution in [0.5, 0.6) is 0 Å². The van der Waals surface area contributed by atoms with Gasteiger partial charge in [-0.05, 0) is 0 Å². The second-order valence-corrected chi connectivity index (χ2v) is 0.402. The molecule has 0 radical (unpaired) electrons. The fourth-order valence-corrected chi connectivity index (χ4v) is 0. The molecule has 0 atom stereocenters. The first kappa shape index (κ1) is 36.6. The summed E-state index contributed by atoms with van der Waals surface area (Å²) in [4.78, 5) is 9.00. The second kappa shape index (κ2) is 19.7. The third-order valence-electron chi connectivity index (χ3n) is 0. The van der Waals surface area contributed by atoms with Gasteiger partial charge in [0, 0.05) is 0 Å². The van der Waals surface area contributed by atoms with Crippen LogP contribution < -0.4 is 11.5 Å².